The van der Waals surface area contributed by atoms with E-state index in [4.69, 9.17) is 5.73 Å². The number of ether oxygens (including phenoxy) is 1. The summed E-state index contributed by atoms with van der Waals surface area (Å²) in [6, 6.07) is 8.28. The first-order chi connectivity index (χ1) is 12.5. The summed E-state index contributed by atoms with van der Waals surface area (Å²) in [5.41, 5.74) is 6.63. The summed E-state index contributed by atoms with van der Waals surface area (Å²) in [5, 5.41) is 2.84. The summed E-state index contributed by atoms with van der Waals surface area (Å²) >= 11 is 3.04. The average Bonchev–Trinajstić information content (AvgIpc) is 2.82. The van der Waals surface area contributed by atoms with E-state index in [0.717, 1.165) is 11.0 Å². The zero-order chi connectivity index (χ0) is 20.0. The van der Waals surface area contributed by atoms with Crippen LogP contribution < -0.4 is 15.8 Å². The maximum Gasteiger partial charge on any atom is 0.573 e. The topological polar surface area (TPSA) is 67.6 Å². The molecular weight excluding hydrogens is 434 g/mol. The Hall–Kier alpha value is -2.17. The van der Waals surface area contributed by atoms with E-state index in [1.54, 1.807) is 0 Å². The minimum Gasteiger partial charge on any atom is -0.405 e. The zero-order valence-corrected chi connectivity index (χ0v) is 15.4. The predicted octanol–water partition coefficient (Wildman–Crippen LogP) is 3.36. The zero-order valence-electron chi connectivity index (χ0n) is 13.8. The molecule has 0 bridgehead atoms. The third-order valence-corrected chi connectivity index (χ3v) is 4.88. The number of carbonyl (C=O) groups excluding carboxylic acids is 1. The van der Waals surface area contributed by atoms with Gasteiger partial charge in [-0.2, -0.15) is 0 Å². The van der Waals surface area contributed by atoms with Crippen LogP contribution in [-0.2, 0) is 10.6 Å². The molecule has 2 unspecified atom stereocenters. The molecule has 2 aromatic rings. The molecule has 0 radical (unpaired) electrons. The molecule has 1 saturated heterocycles. The van der Waals surface area contributed by atoms with Crippen LogP contribution in [0, 0.1) is 5.82 Å². The van der Waals surface area contributed by atoms with E-state index < -0.39 is 35.7 Å². The normalized spacial score (nSPS) is 23.0. The van der Waals surface area contributed by atoms with Crippen molar-refractivity contribution in [2.24, 2.45) is 5.73 Å². The van der Waals surface area contributed by atoms with Gasteiger partial charge in [0.25, 0.3) is 0 Å². The van der Waals surface area contributed by atoms with Crippen LogP contribution in [0.15, 0.2) is 46.9 Å². The second-order valence-corrected chi connectivity index (χ2v) is 6.81. The van der Waals surface area contributed by atoms with E-state index in [0.29, 0.717) is 5.56 Å². The van der Waals surface area contributed by atoms with E-state index in [1.807, 2.05) is 0 Å². The molecule has 3 N–H and O–H groups in total. The molecule has 1 amide bonds. The molecule has 0 aliphatic carbocycles. The van der Waals surface area contributed by atoms with Crippen molar-refractivity contribution in [1.29, 1.82) is 0 Å². The number of alkyl halides is 3. The fourth-order valence-corrected chi connectivity index (χ4v) is 3.31. The fourth-order valence-electron chi connectivity index (χ4n) is 2.92. The number of nitrogens with two attached hydrogens (primary N) is 1. The number of para-hydroxylation sites is 1. The number of halogens is 5. The summed E-state index contributed by atoms with van der Waals surface area (Å²) in [6.07, 6.45) is -4.92. The van der Waals surface area contributed by atoms with Crippen LogP contribution in [0.5, 0.6) is 5.75 Å². The number of nitrogens with one attached hydrogen (secondary N) is 1. The highest BCUT2D eigenvalue weighted by Crippen LogP contribution is 2.39. The highest BCUT2D eigenvalue weighted by Gasteiger charge is 2.50. The Bertz CT molecular complexity index is 893. The number of likely N-dealkylation sites (N-methyl/N-ethyl adjacent to an activating group) is 1. The molecule has 10 heteroatoms. The number of amides is 1. The SMILES string of the molecule is CN1C(=O)C(c2ccc(F)c(Br)c2)NC1(N)c1ccccc1OC(F)(F)F. The Labute approximate surface area is 160 Å². The van der Waals surface area contributed by atoms with Gasteiger partial charge in [0, 0.05) is 12.6 Å². The van der Waals surface area contributed by atoms with Crippen molar-refractivity contribution >= 4 is 21.8 Å². The van der Waals surface area contributed by atoms with Crippen LogP contribution in [0.3, 0.4) is 0 Å². The van der Waals surface area contributed by atoms with E-state index in [1.165, 1.54) is 43.4 Å². The Morgan fingerprint density at radius 2 is 1.93 bits per heavy atom. The van der Waals surface area contributed by atoms with Gasteiger partial charge in [-0.05, 0) is 39.7 Å². The van der Waals surface area contributed by atoms with Crippen LogP contribution in [0.4, 0.5) is 17.6 Å². The van der Waals surface area contributed by atoms with Crippen molar-refractivity contribution in [1.82, 2.24) is 10.2 Å². The van der Waals surface area contributed by atoms with Crippen molar-refractivity contribution in [3.8, 4) is 5.75 Å². The Morgan fingerprint density at radius 1 is 1.26 bits per heavy atom. The van der Waals surface area contributed by atoms with Crippen LogP contribution in [0.2, 0.25) is 0 Å². The van der Waals surface area contributed by atoms with Gasteiger partial charge in [-0.15, -0.1) is 13.2 Å². The molecule has 0 aromatic heterocycles. The number of nitrogens with zero attached hydrogens (tertiary/aromatic N) is 1. The summed E-state index contributed by atoms with van der Waals surface area (Å²) < 4.78 is 55.9. The lowest BCUT2D eigenvalue weighted by atomic mass is 10.1. The molecule has 2 atom stereocenters. The van der Waals surface area contributed by atoms with Gasteiger partial charge in [-0.25, -0.2) is 4.39 Å². The molecule has 5 nitrogen and oxygen atoms in total. The summed E-state index contributed by atoms with van der Waals surface area (Å²) in [4.78, 5) is 13.8. The van der Waals surface area contributed by atoms with E-state index in [-0.39, 0.29) is 10.0 Å². The third-order valence-electron chi connectivity index (χ3n) is 4.27. The maximum absolute atomic E-state index is 13.5. The van der Waals surface area contributed by atoms with E-state index in [2.05, 4.69) is 26.0 Å². The van der Waals surface area contributed by atoms with Crippen molar-refractivity contribution in [3.05, 3.63) is 63.9 Å². The first-order valence-electron chi connectivity index (χ1n) is 7.67. The van der Waals surface area contributed by atoms with Crippen LogP contribution in [0.1, 0.15) is 17.2 Å². The lowest BCUT2D eigenvalue weighted by molar-refractivity contribution is -0.275. The number of carbonyl (C=O) groups is 1. The lowest BCUT2D eigenvalue weighted by Crippen LogP contribution is -2.55. The van der Waals surface area contributed by atoms with Crippen molar-refractivity contribution in [2.45, 2.75) is 18.2 Å². The molecule has 27 heavy (non-hydrogen) atoms. The Kier molecular flexibility index (Phi) is 4.91. The highest BCUT2D eigenvalue weighted by molar-refractivity contribution is 9.10. The molecule has 3 rings (SSSR count). The van der Waals surface area contributed by atoms with E-state index in [9.17, 15) is 22.4 Å². The first-order valence-corrected chi connectivity index (χ1v) is 8.46. The largest absolute Gasteiger partial charge is 0.573 e. The molecule has 0 spiro atoms. The first kappa shape index (κ1) is 19.6. The molecule has 1 aliphatic heterocycles. The number of rotatable bonds is 3. The molecule has 0 saturated carbocycles. The standard InChI is InChI=1S/C17H14BrF4N3O2/c1-25-15(26)14(9-6-7-12(19)11(18)8-9)24-16(25,23)10-4-2-3-5-13(10)27-17(20,21)22/h2-8,14,24H,23H2,1H3. The second kappa shape index (κ2) is 6.77. The summed E-state index contributed by atoms with van der Waals surface area (Å²) in [5.74, 6) is -3.29. The Morgan fingerprint density at radius 3 is 2.56 bits per heavy atom. The Balaban J connectivity index is 2.02. The van der Waals surface area contributed by atoms with Crippen molar-refractivity contribution in [3.63, 3.8) is 0 Å². The van der Waals surface area contributed by atoms with Gasteiger partial charge in [0.2, 0.25) is 5.91 Å². The van der Waals surface area contributed by atoms with Crippen LogP contribution in [0.25, 0.3) is 0 Å². The number of hydrogen-bond acceptors (Lipinski definition) is 4. The van der Waals surface area contributed by atoms with Gasteiger partial charge in [0.1, 0.15) is 17.6 Å². The molecule has 1 fully saturated rings. The average molecular weight is 448 g/mol. The quantitative estimate of drug-likeness (QED) is 0.708. The second-order valence-electron chi connectivity index (χ2n) is 5.96. The monoisotopic (exact) mass is 447 g/mol. The maximum atomic E-state index is 13.5. The molecular formula is C17H14BrF4N3O2. The molecule has 2 aromatic carbocycles. The molecule has 1 heterocycles. The lowest BCUT2D eigenvalue weighted by Gasteiger charge is -2.33. The minimum atomic E-state index is -4.92. The smallest absolute Gasteiger partial charge is 0.405 e. The fraction of sp³-hybridized carbons (Fsp3) is 0.235. The number of hydrogen-bond donors (Lipinski definition) is 2. The van der Waals surface area contributed by atoms with Crippen LogP contribution in [-0.4, -0.2) is 24.2 Å². The van der Waals surface area contributed by atoms with Gasteiger partial charge >= 0.3 is 6.36 Å². The third kappa shape index (κ3) is 3.64. The summed E-state index contributed by atoms with van der Waals surface area (Å²) in [7, 11) is 1.36. The van der Waals surface area contributed by atoms with Gasteiger partial charge in [-0.1, -0.05) is 24.3 Å². The molecule has 1 aliphatic rings. The van der Waals surface area contributed by atoms with Gasteiger partial charge in [0.05, 0.1) is 4.47 Å². The van der Waals surface area contributed by atoms with Crippen LogP contribution >= 0.6 is 15.9 Å². The van der Waals surface area contributed by atoms with Gasteiger partial charge in [-0.3, -0.25) is 15.8 Å². The van der Waals surface area contributed by atoms with Crippen molar-refractivity contribution in [2.75, 3.05) is 7.05 Å². The molecule has 144 valence electrons. The predicted molar refractivity (Wildman–Crippen MR) is 91.7 cm³/mol. The summed E-state index contributed by atoms with van der Waals surface area (Å²) in [6.45, 7) is 0. The minimum absolute atomic E-state index is 0.0677. The number of benzene rings is 2. The highest BCUT2D eigenvalue weighted by atomic mass is 79.9. The van der Waals surface area contributed by atoms with Crippen molar-refractivity contribution < 1.29 is 27.1 Å². The van der Waals surface area contributed by atoms with Gasteiger partial charge < -0.3 is 9.64 Å². The van der Waals surface area contributed by atoms with Gasteiger partial charge in [0.15, 0.2) is 5.79 Å². The van der Waals surface area contributed by atoms with E-state index >= 15 is 0 Å².